The molecule has 28 heavy (non-hydrogen) atoms. The first-order chi connectivity index (χ1) is 13.7. The molecular weight excluding hydrogens is 352 g/mol. The van der Waals surface area contributed by atoms with Crippen molar-refractivity contribution in [1.82, 2.24) is 15.1 Å². The molecular formula is C22H32N4O2. The number of likely N-dealkylation sites (tertiary alicyclic amines) is 2. The van der Waals surface area contributed by atoms with E-state index in [0.717, 1.165) is 69.5 Å². The molecule has 2 saturated heterocycles. The maximum Gasteiger partial charge on any atom is 0.224 e. The quantitative estimate of drug-likeness (QED) is 0.728. The van der Waals surface area contributed by atoms with Gasteiger partial charge >= 0.3 is 0 Å². The maximum atomic E-state index is 12.4. The molecule has 0 bridgehead atoms. The maximum absolute atomic E-state index is 12.4. The predicted octanol–water partition coefficient (Wildman–Crippen LogP) is 2.00. The summed E-state index contributed by atoms with van der Waals surface area (Å²) in [6, 6.07) is 10.8. The van der Waals surface area contributed by atoms with Crippen molar-refractivity contribution in [3.05, 3.63) is 35.4 Å². The zero-order valence-electron chi connectivity index (χ0n) is 16.9. The van der Waals surface area contributed by atoms with Gasteiger partial charge in [0.15, 0.2) is 0 Å². The summed E-state index contributed by atoms with van der Waals surface area (Å²) in [7, 11) is 1.65. The highest BCUT2D eigenvalue weighted by molar-refractivity contribution is 5.78. The van der Waals surface area contributed by atoms with Crippen LogP contribution in [0.15, 0.2) is 24.3 Å². The predicted molar refractivity (Wildman–Crippen MR) is 109 cm³/mol. The van der Waals surface area contributed by atoms with E-state index in [1.165, 1.54) is 0 Å². The lowest BCUT2D eigenvalue weighted by Gasteiger charge is -2.42. The molecule has 1 atom stereocenters. The minimum Gasteiger partial charge on any atom is -0.383 e. The third kappa shape index (κ3) is 5.54. The van der Waals surface area contributed by atoms with Gasteiger partial charge in [0.05, 0.1) is 24.2 Å². The number of hydrogen-bond acceptors (Lipinski definition) is 5. The fourth-order valence-corrected chi connectivity index (χ4v) is 4.42. The van der Waals surface area contributed by atoms with E-state index in [4.69, 9.17) is 4.74 Å². The molecule has 2 aliphatic heterocycles. The third-order valence-electron chi connectivity index (χ3n) is 6.03. The van der Waals surface area contributed by atoms with Crippen LogP contribution in [0.2, 0.25) is 0 Å². The average Bonchev–Trinajstić information content (AvgIpc) is 2.75. The molecule has 6 nitrogen and oxygen atoms in total. The van der Waals surface area contributed by atoms with Gasteiger partial charge in [0.2, 0.25) is 5.91 Å². The van der Waals surface area contributed by atoms with Crippen molar-refractivity contribution in [1.29, 1.82) is 5.26 Å². The summed E-state index contributed by atoms with van der Waals surface area (Å²) in [5.41, 5.74) is 1.90. The van der Waals surface area contributed by atoms with Crippen molar-refractivity contribution in [3.63, 3.8) is 0 Å². The van der Waals surface area contributed by atoms with Gasteiger partial charge in [0.25, 0.3) is 0 Å². The van der Waals surface area contributed by atoms with E-state index in [2.05, 4.69) is 27.3 Å². The molecule has 0 saturated carbocycles. The number of nitriles is 1. The number of methoxy groups -OCH3 is 1. The van der Waals surface area contributed by atoms with Gasteiger partial charge in [0, 0.05) is 32.8 Å². The number of ether oxygens (including phenoxy) is 1. The van der Waals surface area contributed by atoms with Crippen molar-refractivity contribution in [2.75, 3.05) is 46.4 Å². The second kappa shape index (κ2) is 10.6. The van der Waals surface area contributed by atoms with E-state index < -0.39 is 0 Å². The fraction of sp³-hybridized carbons (Fsp3) is 0.636. The molecule has 0 radical (unpaired) electrons. The summed E-state index contributed by atoms with van der Waals surface area (Å²) in [5.74, 6) is 0.276. The number of rotatable bonds is 7. The molecule has 0 spiro atoms. The summed E-state index contributed by atoms with van der Waals surface area (Å²) in [4.78, 5) is 17.4. The van der Waals surface area contributed by atoms with Crippen molar-refractivity contribution in [2.24, 2.45) is 5.92 Å². The zero-order valence-corrected chi connectivity index (χ0v) is 16.9. The minimum absolute atomic E-state index is 0.103. The largest absolute Gasteiger partial charge is 0.383 e. The Kier molecular flexibility index (Phi) is 7.84. The topological polar surface area (TPSA) is 68.6 Å². The van der Waals surface area contributed by atoms with Crippen LogP contribution in [0.1, 0.15) is 36.8 Å². The molecule has 2 heterocycles. The Labute approximate surface area is 168 Å². The lowest BCUT2D eigenvalue weighted by molar-refractivity contribution is -0.127. The summed E-state index contributed by atoms with van der Waals surface area (Å²) in [5, 5.41) is 12.3. The first-order valence-electron chi connectivity index (χ1n) is 10.4. The second-order valence-corrected chi connectivity index (χ2v) is 7.89. The number of benzene rings is 1. The standard InChI is InChI=1S/C22H32N4O2/c1-28-14-10-24-22(27)20-7-4-11-26(17-20)21-8-12-25(13-9-21)16-19-6-3-2-5-18(19)15-23/h2-3,5-6,20-21H,4,7-14,16-17H2,1H3,(H,24,27)/t20-/m0/s1. The van der Waals surface area contributed by atoms with E-state index in [1.807, 2.05) is 18.2 Å². The van der Waals surface area contributed by atoms with Crippen LogP contribution in [-0.2, 0) is 16.1 Å². The molecule has 0 unspecified atom stereocenters. The Hall–Kier alpha value is -1.94. The van der Waals surface area contributed by atoms with Crippen molar-refractivity contribution in [2.45, 2.75) is 38.3 Å². The molecule has 1 aromatic rings. The molecule has 2 fully saturated rings. The number of nitrogens with one attached hydrogen (secondary N) is 1. The number of nitrogens with zero attached hydrogens (tertiary/aromatic N) is 3. The first kappa shape index (κ1) is 20.8. The summed E-state index contributed by atoms with van der Waals surface area (Å²) >= 11 is 0. The second-order valence-electron chi connectivity index (χ2n) is 7.89. The van der Waals surface area contributed by atoms with Crippen molar-refractivity contribution >= 4 is 5.91 Å². The van der Waals surface area contributed by atoms with Crippen LogP contribution in [0.4, 0.5) is 0 Å². The van der Waals surface area contributed by atoms with Gasteiger partial charge in [-0.2, -0.15) is 5.26 Å². The van der Waals surface area contributed by atoms with E-state index >= 15 is 0 Å². The van der Waals surface area contributed by atoms with E-state index in [-0.39, 0.29) is 11.8 Å². The third-order valence-corrected chi connectivity index (χ3v) is 6.03. The molecule has 2 aliphatic rings. The number of piperidine rings is 2. The number of carbonyl (C=O) groups is 1. The fourth-order valence-electron chi connectivity index (χ4n) is 4.42. The molecule has 0 aliphatic carbocycles. The number of hydrogen-bond donors (Lipinski definition) is 1. The van der Waals surface area contributed by atoms with E-state index in [9.17, 15) is 10.1 Å². The highest BCUT2D eigenvalue weighted by atomic mass is 16.5. The summed E-state index contributed by atoms with van der Waals surface area (Å²) in [6.07, 6.45) is 4.34. The number of carbonyl (C=O) groups excluding carboxylic acids is 1. The van der Waals surface area contributed by atoms with Crippen LogP contribution in [0, 0.1) is 17.2 Å². The molecule has 3 rings (SSSR count). The van der Waals surface area contributed by atoms with Gasteiger partial charge in [-0.15, -0.1) is 0 Å². The number of amides is 1. The molecule has 1 N–H and O–H groups in total. The lowest BCUT2D eigenvalue weighted by atomic mass is 9.93. The van der Waals surface area contributed by atoms with Gasteiger partial charge < -0.3 is 10.1 Å². The van der Waals surface area contributed by atoms with Gasteiger partial charge in [-0.3, -0.25) is 14.6 Å². The van der Waals surface area contributed by atoms with Crippen LogP contribution in [-0.4, -0.2) is 68.2 Å². The molecule has 6 heteroatoms. The monoisotopic (exact) mass is 384 g/mol. The SMILES string of the molecule is COCCNC(=O)[C@H]1CCCN(C2CCN(Cc3ccccc3C#N)CC2)C1. The van der Waals surface area contributed by atoms with Gasteiger partial charge in [0.1, 0.15) is 0 Å². The Morgan fingerprint density at radius 2 is 2.04 bits per heavy atom. The van der Waals surface area contributed by atoms with Gasteiger partial charge in [-0.25, -0.2) is 0 Å². The van der Waals surface area contributed by atoms with Crippen LogP contribution < -0.4 is 5.32 Å². The highest BCUT2D eigenvalue weighted by Crippen LogP contribution is 2.25. The van der Waals surface area contributed by atoms with Gasteiger partial charge in [-0.05, 0) is 56.9 Å². The molecule has 152 valence electrons. The van der Waals surface area contributed by atoms with Crippen LogP contribution >= 0.6 is 0 Å². The Morgan fingerprint density at radius 3 is 2.79 bits per heavy atom. The highest BCUT2D eigenvalue weighted by Gasteiger charge is 2.31. The summed E-state index contributed by atoms with van der Waals surface area (Å²) in [6.45, 7) is 6.08. The molecule has 1 aromatic carbocycles. The Balaban J connectivity index is 1.46. The van der Waals surface area contributed by atoms with E-state index in [1.54, 1.807) is 7.11 Å². The van der Waals surface area contributed by atoms with E-state index in [0.29, 0.717) is 19.2 Å². The van der Waals surface area contributed by atoms with Crippen LogP contribution in [0.25, 0.3) is 0 Å². The average molecular weight is 385 g/mol. The Bertz CT molecular complexity index is 679. The lowest BCUT2D eigenvalue weighted by Crippen LogP contribution is -2.50. The summed E-state index contributed by atoms with van der Waals surface area (Å²) < 4.78 is 5.02. The van der Waals surface area contributed by atoms with Gasteiger partial charge in [-0.1, -0.05) is 18.2 Å². The molecule has 0 aromatic heterocycles. The van der Waals surface area contributed by atoms with Crippen LogP contribution in [0.5, 0.6) is 0 Å². The van der Waals surface area contributed by atoms with Crippen molar-refractivity contribution in [3.8, 4) is 6.07 Å². The zero-order chi connectivity index (χ0) is 19.8. The smallest absolute Gasteiger partial charge is 0.224 e. The minimum atomic E-state index is 0.103. The first-order valence-corrected chi connectivity index (χ1v) is 10.4. The Morgan fingerprint density at radius 1 is 1.25 bits per heavy atom. The molecule has 1 amide bonds. The normalized spacial score (nSPS) is 21.9. The van der Waals surface area contributed by atoms with Crippen LogP contribution in [0.3, 0.4) is 0 Å². The van der Waals surface area contributed by atoms with Crippen molar-refractivity contribution < 1.29 is 9.53 Å².